The van der Waals surface area contributed by atoms with Crippen LogP contribution in [0.15, 0.2) is 42.6 Å². The van der Waals surface area contributed by atoms with Gasteiger partial charge in [-0.1, -0.05) is 23.7 Å². The van der Waals surface area contributed by atoms with Crippen LogP contribution in [-0.2, 0) is 6.54 Å². The molecule has 1 N–H and O–H groups in total. The Hall–Kier alpha value is -2.27. The molecule has 0 atom stereocenters. The molecule has 0 saturated carbocycles. The predicted octanol–water partition coefficient (Wildman–Crippen LogP) is 3.46. The Morgan fingerprint density at radius 1 is 1.23 bits per heavy atom. The molecule has 0 aliphatic carbocycles. The van der Waals surface area contributed by atoms with Crippen molar-refractivity contribution >= 4 is 29.1 Å². The maximum absolute atomic E-state index is 12.2. The summed E-state index contributed by atoms with van der Waals surface area (Å²) >= 11 is 5.95. The van der Waals surface area contributed by atoms with Gasteiger partial charge in [-0.3, -0.25) is 0 Å². The van der Waals surface area contributed by atoms with Gasteiger partial charge in [-0.25, -0.2) is 9.78 Å². The number of pyridine rings is 1. The number of benzene rings is 1. The fourth-order valence-electron chi connectivity index (χ4n) is 1.92. The molecule has 2 rings (SSSR count). The van der Waals surface area contributed by atoms with Crippen LogP contribution in [0.5, 0.6) is 0 Å². The highest BCUT2D eigenvalue weighted by molar-refractivity contribution is 6.30. The highest BCUT2D eigenvalue weighted by Gasteiger charge is 2.10. The van der Waals surface area contributed by atoms with Gasteiger partial charge in [0, 0.05) is 32.7 Å². The number of amides is 2. The average Bonchev–Trinajstić information content (AvgIpc) is 2.47. The Morgan fingerprint density at radius 2 is 2.00 bits per heavy atom. The van der Waals surface area contributed by atoms with E-state index >= 15 is 0 Å². The Bertz CT molecular complexity index is 643. The molecular weight excluding hydrogens is 300 g/mol. The fourth-order valence-corrected chi connectivity index (χ4v) is 2.14. The third-order valence-electron chi connectivity index (χ3n) is 3.11. The second-order valence-corrected chi connectivity index (χ2v) is 5.65. The number of rotatable bonds is 4. The van der Waals surface area contributed by atoms with Crippen LogP contribution in [0.1, 0.15) is 5.56 Å². The minimum atomic E-state index is -0.195. The van der Waals surface area contributed by atoms with Crippen LogP contribution in [0.2, 0.25) is 5.02 Å². The largest absolute Gasteiger partial charge is 0.363 e. The molecule has 0 spiro atoms. The maximum atomic E-state index is 12.2. The van der Waals surface area contributed by atoms with Crippen LogP contribution in [0.25, 0.3) is 0 Å². The minimum Gasteiger partial charge on any atom is -0.363 e. The molecule has 6 heteroatoms. The molecule has 0 fully saturated rings. The van der Waals surface area contributed by atoms with E-state index in [-0.39, 0.29) is 6.03 Å². The van der Waals surface area contributed by atoms with Gasteiger partial charge in [-0.15, -0.1) is 0 Å². The van der Waals surface area contributed by atoms with Crippen LogP contribution < -0.4 is 10.2 Å². The van der Waals surface area contributed by atoms with E-state index in [9.17, 15) is 4.79 Å². The second kappa shape index (κ2) is 7.13. The SMILES string of the molecule is CN(Cc1cccc(Cl)c1)C(=O)Nc1ccc(N(C)C)nc1. The van der Waals surface area contributed by atoms with Gasteiger partial charge in [-0.05, 0) is 29.8 Å². The van der Waals surface area contributed by atoms with Gasteiger partial charge < -0.3 is 15.1 Å². The Kier molecular flexibility index (Phi) is 5.22. The van der Waals surface area contributed by atoms with E-state index in [1.54, 1.807) is 18.1 Å². The van der Waals surface area contributed by atoms with Crippen molar-refractivity contribution in [3.05, 3.63) is 53.2 Å². The predicted molar refractivity (Wildman–Crippen MR) is 90.5 cm³/mol. The Morgan fingerprint density at radius 3 is 2.59 bits per heavy atom. The van der Waals surface area contributed by atoms with Crippen molar-refractivity contribution in [2.45, 2.75) is 6.54 Å². The molecule has 0 saturated heterocycles. The van der Waals surface area contributed by atoms with E-state index in [0.29, 0.717) is 17.3 Å². The van der Waals surface area contributed by atoms with Crippen molar-refractivity contribution in [2.75, 3.05) is 31.4 Å². The van der Waals surface area contributed by atoms with Crippen molar-refractivity contribution < 1.29 is 4.79 Å². The summed E-state index contributed by atoms with van der Waals surface area (Å²) in [5, 5.41) is 3.48. The zero-order valence-electron chi connectivity index (χ0n) is 12.9. The van der Waals surface area contributed by atoms with Gasteiger partial charge in [0.05, 0.1) is 11.9 Å². The van der Waals surface area contributed by atoms with Crippen molar-refractivity contribution in [1.29, 1.82) is 0 Å². The van der Waals surface area contributed by atoms with Crippen LogP contribution in [0, 0.1) is 0 Å². The van der Waals surface area contributed by atoms with Crippen LogP contribution in [0.4, 0.5) is 16.3 Å². The average molecular weight is 319 g/mol. The zero-order chi connectivity index (χ0) is 16.1. The van der Waals surface area contributed by atoms with E-state index < -0.39 is 0 Å². The summed E-state index contributed by atoms with van der Waals surface area (Å²) in [5.41, 5.74) is 1.64. The van der Waals surface area contributed by atoms with Gasteiger partial charge in [0.1, 0.15) is 5.82 Å². The number of carbonyl (C=O) groups is 1. The van der Waals surface area contributed by atoms with Gasteiger partial charge in [0.2, 0.25) is 0 Å². The molecule has 0 aliphatic rings. The highest BCUT2D eigenvalue weighted by atomic mass is 35.5. The lowest BCUT2D eigenvalue weighted by molar-refractivity contribution is 0.220. The van der Waals surface area contributed by atoms with Crippen LogP contribution >= 0.6 is 11.6 Å². The van der Waals surface area contributed by atoms with E-state index in [1.165, 1.54) is 0 Å². The first-order valence-corrected chi connectivity index (χ1v) is 7.23. The van der Waals surface area contributed by atoms with Crippen molar-refractivity contribution in [3.63, 3.8) is 0 Å². The monoisotopic (exact) mass is 318 g/mol. The van der Waals surface area contributed by atoms with Gasteiger partial charge in [0.25, 0.3) is 0 Å². The maximum Gasteiger partial charge on any atom is 0.321 e. The molecule has 1 aromatic carbocycles. The number of anilines is 2. The summed E-state index contributed by atoms with van der Waals surface area (Å²) < 4.78 is 0. The number of aromatic nitrogens is 1. The quantitative estimate of drug-likeness (QED) is 0.939. The molecular formula is C16H19ClN4O. The van der Waals surface area contributed by atoms with Crippen molar-refractivity contribution in [3.8, 4) is 0 Å². The Balaban J connectivity index is 1.96. The molecule has 1 aromatic heterocycles. The number of halogens is 1. The fraction of sp³-hybridized carbons (Fsp3) is 0.250. The first-order chi connectivity index (χ1) is 10.5. The summed E-state index contributed by atoms with van der Waals surface area (Å²) in [4.78, 5) is 19.9. The highest BCUT2D eigenvalue weighted by Crippen LogP contribution is 2.14. The topological polar surface area (TPSA) is 48.5 Å². The molecule has 2 amide bonds. The molecule has 116 valence electrons. The normalized spacial score (nSPS) is 10.2. The summed E-state index contributed by atoms with van der Waals surface area (Å²) in [6.07, 6.45) is 1.64. The standard InChI is InChI=1S/C16H19ClN4O/c1-20(2)15-8-7-14(10-18-15)19-16(22)21(3)11-12-5-4-6-13(17)9-12/h4-10H,11H2,1-3H3,(H,19,22). The summed E-state index contributed by atoms with van der Waals surface area (Å²) in [7, 11) is 5.57. The van der Waals surface area contributed by atoms with E-state index in [0.717, 1.165) is 11.4 Å². The van der Waals surface area contributed by atoms with Crippen molar-refractivity contribution in [2.24, 2.45) is 0 Å². The molecule has 22 heavy (non-hydrogen) atoms. The van der Waals surface area contributed by atoms with E-state index in [1.807, 2.05) is 55.4 Å². The summed E-state index contributed by atoms with van der Waals surface area (Å²) in [6.45, 7) is 0.482. The number of carbonyl (C=O) groups excluding carboxylic acids is 1. The van der Waals surface area contributed by atoms with E-state index in [2.05, 4.69) is 10.3 Å². The van der Waals surface area contributed by atoms with Crippen molar-refractivity contribution in [1.82, 2.24) is 9.88 Å². The lowest BCUT2D eigenvalue weighted by Crippen LogP contribution is -2.30. The number of nitrogens with one attached hydrogen (secondary N) is 1. The zero-order valence-corrected chi connectivity index (χ0v) is 13.6. The number of hydrogen-bond acceptors (Lipinski definition) is 3. The smallest absolute Gasteiger partial charge is 0.321 e. The van der Waals surface area contributed by atoms with Gasteiger partial charge in [-0.2, -0.15) is 0 Å². The van der Waals surface area contributed by atoms with Crippen LogP contribution in [-0.4, -0.2) is 37.1 Å². The van der Waals surface area contributed by atoms with Gasteiger partial charge in [0.15, 0.2) is 0 Å². The first-order valence-electron chi connectivity index (χ1n) is 6.85. The minimum absolute atomic E-state index is 0.195. The molecule has 0 radical (unpaired) electrons. The lowest BCUT2D eigenvalue weighted by atomic mass is 10.2. The number of urea groups is 1. The summed E-state index contributed by atoms with van der Waals surface area (Å²) in [6, 6.07) is 10.9. The summed E-state index contributed by atoms with van der Waals surface area (Å²) in [5.74, 6) is 0.838. The molecule has 0 aliphatic heterocycles. The molecule has 1 heterocycles. The Labute approximate surface area is 135 Å². The third kappa shape index (κ3) is 4.36. The van der Waals surface area contributed by atoms with Crippen LogP contribution in [0.3, 0.4) is 0 Å². The molecule has 0 unspecified atom stereocenters. The number of nitrogens with zero attached hydrogens (tertiary/aromatic N) is 3. The second-order valence-electron chi connectivity index (χ2n) is 5.22. The third-order valence-corrected chi connectivity index (χ3v) is 3.35. The van der Waals surface area contributed by atoms with E-state index in [4.69, 9.17) is 11.6 Å². The van der Waals surface area contributed by atoms with Gasteiger partial charge >= 0.3 is 6.03 Å². The number of hydrogen-bond donors (Lipinski definition) is 1. The first kappa shape index (κ1) is 16.1. The molecule has 0 bridgehead atoms. The lowest BCUT2D eigenvalue weighted by Gasteiger charge is -2.18. The molecule has 5 nitrogen and oxygen atoms in total. The molecule has 2 aromatic rings.